The highest BCUT2D eigenvalue weighted by Crippen LogP contribution is 2.38. The Kier molecular flexibility index (Phi) is 3.87. The van der Waals surface area contributed by atoms with Crippen LogP contribution in [-0.2, 0) is 9.53 Å². The fourth-order valence-corrected chi connectivity index (χ4v) is 2.88. The highest BCUT2D eigenvalue weighted by Gasteiger charge is 2.54. The first kappa shape index (κ1) is 15.6. The molecule has 0 unspecified atom stereocenters. The number of anilines is 1. The van der Waals surface area contributed by atoms with E-state index in [2.05, 4.69) is 0 Å². The van der Waals surface area contributed by atoms with Gasteiger partial charge in [0.15, 0.2) is 0 Å². The van der Waals surface area contributed by atoms with Gasteiger partial charge in [-0.2, -0.15) is 0 Å². The number of hydrogen-bond donors (Lipinski definition) is 1. The van der Waals surface area contributed by atoms with Gasteiger partial charge in [-0.25, -0.2) is 9.29 Å². The third-order valence-corrected chi connectivity index (χ3v) is 4.10. The number of benzene rings is 2. The van der Waals surface area contributed by atoms with Crippen LogP contribution in [0.3, 0.4) is 0 Å². The van der Waals surface area contributed by atoms with E-state index < -0.39 is 23.4 Å². The number of halogens is 1. The lowest BCUT2D eigenvalue weighted by Gasteiger charge is -2.26. The molecule has 2 aromatic rings. The Labute approximate surface area is 138 Å². The van der Waals surface area contributed by atoms with Crippen LogP contribution in [0.15, 0.2) is 54.6 Å². The molecule has 2 atom stereocenters. The van der Waals surface area contributed by atoms with E-state index in [1.54, 1.807) is 24.3 Å². The van der Waals surface area contributed by atoms with Crippen LogP contribution in [0.25, 0.3) is 0 Å². The maximum atomic E-state index is 13.1. The van der Waals surface area contributed by atoms with E-state index in [1.807, 2.05) is 6.07 Å². The zero-order valence-electron chi connectivity index (χ0n) is 12.3. The predicted molar refractivity (Wildman–Crippen MR) is 87.4 cm³/mol. The van der Waals surface area contributed by atoms with E-state index >= 15 is 0 Å². The minimum Gasteiger partial charge on any atom is -0.451 e. The summed E-state index contributed by atoms with van der Waals surface area (Å²) in [6.45, 7) is 1.49. The van der Waals surface area contributed by atoms with Gasteiger partial charge >= 0.3 is 0 Å². The molecule has 1 fully saturated rings. The number of hydrogen-bond acceptors (Lipinski definition) is 4. The minimum atomic E-state index is -1.53. The van der Waals surface area contributed by atoms with Crippen molar-refractivity contribution < 1.29 is 19.0 Å². The summed E-state index contributed by atoms with van der Waals surface area (Å²) in [6.07, 6.45) is -1.18. The van der Waals surface area contributed by atoms with Gasteiger partial charge in [0.25, 0.3) is 11.1 Å². The van der Waals surface area contributed by atoms with Crippen molar-refractivity contribution in [1.82, 2.24) is 0 Å². The molecule has 0 spiro atoms. The molecular formula is C17H14FNO3S. The van der Waals surface area contributed by atoms with E-state index in [0.717, 1.165) is 0 Å². The van der Waals surface area contributed by atoms with Crippen molar-refractivity contribution in [1.29, 1.82) is 0 Å². The second-order valence-electron chi connectivity index (χ2n) is 5.41. The lowest BCUT2D eigenvalue weighted by Crippen LogP contribution is -2.43. The molecule has 0 aromatic heterocycles. The number of rotatable bonds is 3. The van der Waals surface area contributed by atoms with Gasteiger partial charge < -0.3 is 9.84 Å². The summed E-state index contributed by atoms with van der Waals surface area (Å²) in [5.41, 5.74) is -0.593. The maximum Gasteiger partial charge on any atom is 0.281 e. The fraction of sp³-hybridized carbons (Fsp3) is 0.176. The molecule has 4 nitrogen and oxygen atoms in total. The number of ether oxygens (including phenoxy) is 1. The van der Waals surface area contributed by atoms with Crippen molar-refractivity contribution in [3.05, 3.63) is 66.0 Å². The number of nitrogens with zero attached hydrogens (tertiary/aromatic N) is 1. The van der Waals surface area contributed by atoms with Gasteiger partial charge in [0.2, 0.25) is 5.60 Å². The average molecular weight is 331 g/mol. The first-order valence-corrected chi connectivity index (χ1v) is 7.40. The summed E-state index contributed by atoms with van der Waals surface area (Å²) < 4.78 is 18.6. The Morgan fingerprint density at radius 1 is 1.17 bits per heavy atom. The molecule has 0 bridgehead atoms. The van der Waals surface area contributed by atoms with E-state index in [4.69, 9.17) is 17.0 Å². The minimum absolute atomic E-state index is 0.0703. The normalized spacial score (nSPS) is 22.1. The van der Waals surface area contributed by atoms with Crippen molar-refractivity contribution in [2.75, 3.05) is 4.90 Å². The summed E-state index contributed by atoms with van der Waals surface area (Å²) >= 11 is 5.13. The van der Waals surface area contributed by atoms with Gasteiger partial charge in [-0.1, -0.05) is 30.3 Å². The summed E-state index contributed by atoms with van der Waals surface area (Å²) in [4.78, 5) is 14.0. The topological polar surface area (TPSA) is 49.8 Å². The summed E-state index contributed by atoms with van der Waals surface area (Å²) in [7, 11) is 0. The van der Waals surface area contributed by atoms with Crippen molar-refractivity contribution in [3.63, 3.8) is 0 Å². The molecule has 1 amide bonds. The average Bonchev–Trinajstić information content (AvgIpc) is 2.79. The molecule has 23 heavy (non-hydrogen) atoms. The Balaban J connectivity index is 1.95. The van der Waals surface area contributed by atoms with Gasteiger partial charge in [0.1, 0.15) is 11.9 Å². The standard InChI is InChI=1S/C17H14FNO3S/c1-17(14(20)11-5-3-2-4-6-11)15(21)19(16(23)22-17)13-9-7-12(18)8-10-13/h2-10,14,20H,1H3/t14-,17+/m1/s1. The van der Waals surface area contributed by atoms with Gasteiger partial charge in [0, 0.05) is 0 Å². The number of carbonyl (C=O) groups excluding carboxylic acids is 1. The SMILES string of the molecule is C[C@@]1([C@H](O)c2ccccc2)OC(=S)N(c2ccc(F)cc2)C1=O. The van der Waals surface area contributed by atoms with Crippen LogP contribution in [0.1, 0.15) is 18.6 Å². The van der Waals surface area contributed by atoms with Gasteiger partial charge in [0.05, 0.1) is 5.69 Å². The van der Waals surface area contributed by atoms with Crippen molar-refractivity contribution in [2.45, 2.75) is 18.6 Å². The molecule has 0 aliphatic carbocycles. The molecule has 1 heterocycles. The largest absolute Gasteiger partial charge is 0.451 e. The second kappa shape index (κ2) is 5.72. The first-order valence-electron chi connectivity index (χ1n) is 6.99. The van der Waals surface area contributed by atoms with E-state index in [-0.39, 0.29) is 5.17 Å². The van der Waals surface area contributed by atoms with Crippen molar-refractivity contribution in [3.8, 4) is 0 Å². The Morgan fingerprint density at radius 2 is 1.78 bits per heavy atom. The quantitative estimate of drug-likeness (QED) is 0.879. The van der Waals surface area contributed by atoms with Crippen LogP contribution in [-0.4, -0.2) is 21.8 Å². The van der Waals surface area contributed by atoms with Crippen LogP contribution in [0.2, 0.25) is 0 Å². The van der Waals surface area contributed by atoms with Gasteiger partial charge in [-0.05, 0) is 49.0 Å². The predicted octanol–water partition coefficient (Wildman–Crippen LogP) is 2.97. The van der Waals surface area contributed by atoms with E-state index in [0.29, 0.717) is 11.3 Å². The zero-order chi connectivity index (χ0) is 16.6. The van der Waals surface area contributed by atoms with Crippen LogP contribution in [0, 0.1) is 5.82 Å². The third kappa shape index (κ3) is 2.60. The molecule has 118 valence electrons. The summed E-state index contributed by atoms with van der Waals surface area (Å²) in [5, 5.41) is 10.5. The van der Waals surface area contributed by atoms with Crippen molar-refractivity contribution >= 4 is 29.0 Å². The van der Waals surface area contributed by atoms with E-state index in [1.165, 1.54) is 36.1 Å². The Morgan fingerprint density at radius 3 is 2.39 bits per heavy atom. The molecule has 0 radical (unpaired) electrons. The lowest BCUT2D eigenvalue weighted by atomic mass is 9.92. The van der Waals surface area contributed by atoms with Gasteiger partial charge in [-0.15, -0.1) is 0 Å². The lowest BCUT2D eigenvalue weighted by molar-refractivity contribution is -0.137. The van der Waals surface area contributed by atoms with Crippen LogP contribution in [0.4, 0.5) is 10.1 Å². The Hall–Kier alpha value is -2.31. The molecule has 2 aromatic carbocycles. The number of carbonyl (C=O) groups is 1. The third-order valence-electron chi connectivity index (χ3n) is 3.83. The zero-order valence-corrected chi connectivity index (χ0v) is 13.1. The number of aliphatic hydroxyl groups is 1. The fourth-order valence-electron chi connectivity index (χ4n) is 2.51. The Bertz CT molecular complexity index is 750. The smallest absolute Gasteiger partial charge is 0.281 e. The van der Waals surface area contributed by atoms with Crippen LogP contribution >= 0.6 is 12.2 Å². The maximum absolute atomic E-state index is 13.1. The molecule has 0 saturated carbocycles. The van der Waals surface area contributed by atoms with Crippen LogP contribution in [0.5, 0.6) is 0 Å². The number of aliphatic hydroxyl groups excluding tert-OH is 1. The monoisotopic (exact) mass is 331 g/mol. The second-order valence-corrected chi connectivity index (χ2v) is 5.75. The highest BCUT2D eigenvalue weighted by atomic mass is 32.1. The van der Waals surface area contributed by atoms with Crippen LogP contribution < -0.4 is 4.90 Å². The molecular weight excluding hydrogens is 317 g/mol. The van der Waals surface area contributed by atoms with E-state index in [9.17, 15) is 14.3 Å². The summed E-state index contributed by atoms with van der Waals surface area (Å²) in [5.74, 6) is -0.912. The molecule has 1 saturated heterocycles. The number of amides is 1. The molecule has 1 aliphatic rings. The molecule has 1 N–H and O–H groups in total. The highest BCUT2D eigenvalue weighted by molar-refractivity contribution is 7.80. The first-order chi connectivity index (χ1) is 10.9. The summed E-state index contributed by atoms with van der Waals surface area (Å²) in [6, 6.07) is 14.1. The van der Waals surface area contributed by atoms with Crippen molar-refractivity contribution in [2.24, 2.45) is 0 Å². The van der Waals surface area contributed by atoms with Gasteiger partial charge in [-0.3, -0.25) is 4.79 Å². The molecule has 1 aliphatic heterocycles. The molecule has 3 rings (SSSR count). The number of thiocarbonyl (C=S) groups is 1. The molecule has 6 heteroatoms.